The molecule has 1 nitrogen and oxygen atoms in total. The molecule has 2 aromatic rings. The largest absolute Gasteiger partial charge is 0.327 e. The van der Waals surface area contributed by atoms with Crippen LogP contribution >= 0.6 is 11.3 Å². The van der Waals surface area contributed by atoms with E-state index in [9.17, 15) is 0 Å². The van der Waals surface area contributed by atoms with Crippen molar-refractivity contribution in [2.75, 3.05) is 6.54 Å². The standard InChI is InChI=1S/C13H15NS/c1-2-10(8-14)7-11-9-15-13-6-4-3-5-12(11)13/h3-7,9H,2,8,14H2,1H3. The van der Waals surface area contributed by atoms with E-state index >= 15 is 0 Å². The van der Waals surface area contributed by atoms with Crippen LogP contribution in [0.25, 0.3) is 16.2 Å². The van der Waals surface area contributed by atoms with Crippen LogP contribution in [0, 0.1) is 0 Å². The van der Waals surface area contributed by atoms with E-state index in [1.165, 1.54) is 21.2 Å². The average molecular weight is 217 g/mol. The third-order valence-corrected chi connectivity index (χ3v) is 3.57. The fourth-order valence-corrected chi connectivity index (χ4v) is 2.55. The van der Waals surface area contributed by atoms with E-state index in [2.05, 4.69) is 42.6 Å². The van der Waals surface area contributed by atoms with Crippen LogP contribution in [-0.2, 0) is 0 Å². The number of hydrogen-bond acceptors (Lipinski definition) is 2. The Balaban J connectivity index is 2.48. The molecule has 0 fully saturated rings. The molecule has 0 saturated heterocycles. The molecule has 2 heteroatoms. The van der Waals surface area contributed by atoms with E-state index < -0.39 is 0 Å². The van der Waals surface area contributed by atoms with E-state index in [4.69, 9.17) is 5.73 Å². The zero-order chi connectivity index (χ0) is 10.7. The summed E-state index contributed by atoms with van der Waals surface area (Å²) in [5.74, 6) is 0. The summed E-state index contributed by atoms with van der Waals surface area (Å²) in [5, 5.41) is 3.54. The van der Waals surface area contributed by atoms with Gasteiger partial charge in [-0.05, 0) is 28.8 Å². The van der Waals surface area contributed by atoms with Crippen LogP contribution in [0.15, 0.2) is 35.2 Å². The zero-order valence-corrected chi connectivity index (χ0v) is 9.68. The first-order chi connectivity index (χ1) is 7.35. The second-order valence-corrected chi connectivity index (χ2v) is 4.46. The van der Waals surface area contributed by atoms with Crippen LogP contribution in [0.4, 0.5) is 0 Å². The van der Waals surface area contributed by atoms with E-state index in [0.717, 1.165) is 6.42 Å². The normalized spacial score (nSPS) is 12.3. The smallest absolute Gasteiger partial charge is 0.0348 e. The first-order valence-corrected chi connectivity index (χ1v) is 6.09. The summed E-state index contributed by atoms with van der Waals surface area (Å²) in [6.07, 6.45) is 3.25. The van der Waals surface area contributed by atoms with E-state index in [0.29, 0.717) is 6.54 Å². The van der Waals surface area contributed by atoms with Gasteiger partial charge in [0.15, 0.2) is 0 Å². The van der Waals surface area contributed by atoms with Crippen molar-refractivity contribution in [1.29, 1.82) is 0 Å². The minimum absolute atomic E-state index is 0.653. The van der Waals surface area contributed by atoms with Gasteiger partial charge >= 0.3 is 0 Å². The van der Waals surface area contributed by atoms with Gasteiger partial charge < -0.3 is 5.73 Å². The molecule has 2 N–H and O–H groups in total. The van der Waals surface area contributed by atoms with Crippen LogP contribution in [0.2, 0.25) is 0 Å². The molecule has 2 rings (SSSR count). The lowest BCUT2D eigenvalue weighted by Gasteiger charge is -1.99. The Bertz CT molecular complexity index is 476. The van der Waals surface area contributed by atoms with E-state index in [-0.39, 0.29) is 0 Å². The lowest BCUT2D eigenvalue weighted by molar-refractivity contribution is 1.02. The molecule has 15 heavy (non-hydrogen) atoms. The molecule has 0 bridgehead atoms. The van der Waals surface area contributed by atoms with Crippen LogP contribution in [-0.4, -0.2) is 6.54 Å². The van der Waals surface area contributed by atoms with E-state index in [1.54, 1.807) is 11.3 Å². The molecule has 0 unspecified atom stereocenters. The van der Waals surface area contributed by atoms with Gasteiger partial charge in [-0.3, -0.25) is 0 Å². The van der Waals surface area contributed by atoms with Gasteiger partial charge in [-0.1, -0.05) is 36.8 Å². The van der Waals surface area contributed by atoms with Crippen LogP contribution < -0.4 is 5.73 Å². The van der Waals surface area contributed by atoms with Gasteiger partial charge in [-0.25, -0.2) is 0 Å². The van der Waals surface area contributed by atoms with Crippen LogP contribution in [0.3, 0.4) is 0 Å². The van der Waals surface area contributed by atoms with Gasteiger partial charge in [-0.2, -0.15) is 0 Å². The highest BCUT2D eigenvalue weighted by Gasteiger charge is 2.01. The first-order valence-electron chi connectivity index (χ1n) is 5.21. The van der Waals surface area contributed by atoms with Crippen molar-refractivity contribution in [1.82, 2.24) is 0 Å². The molecule has 0 spiro atoms. The van der Waals surface area contributed by atoms with Gasteiger partial charge in [0, 0.05) is 11.2 Å². The van der Waals surface area contributed by atoms with Gasteiger partial charge in [0.1, 0.15) is 0 Å². The Kier molecular flexibility index (Phi) is 3.19. The minimum atomic E-state index is 0.653. The predicted octanol–water partition coefficient (Wildman–Crippen LogP) is 3.65. The third-order valence-electron chi connectivity index (χ3n) is 2.59. The highest BCUT2D eigenvalue weighted by atomic mass is 32.1. The van der Waals surface area contributed by atoms with Gasteiger partial charge in [0.2, 0.25) is 0 Å². The highest BCUT2D eigenvalue weighted by Crippen LogP contribution is 2.27. The van der Waals surface area contributed by atoms with Crippen LogP contribution in [0.1, 0.15) is 18.9 Å². The Morgan fingerprint density at radius 3 is 2.93 bits per heavy atom. The van der Waals surface area contributed by atoms with Gasteiger partial charge in [0.05, 0.1) is 0 Å². The maximum absolute atomic E-state index is 5.68. The number of nitrogens with two attached hydrogens (primary N) is 1. The van der Waals surface area contributed by atoms with E-state index in [1.807, 2.05) is 0 Å². The molecular formula is C13H15NS. The highest BCUT2D eigenvalue weighted by molar-refractivity contribution is 7.17. The fraction of sp³-hybridized carbons (Fsp3) is 0.231. The molecule has 0 radical (unpaired) electrons. The number of rotatable bonds is 3. The van der Waals surface area contributed by atoms with Crippen molar-refractivity contribution >= 4 is 27.5 Å². The molecule has 78 valence electrons. The van der Waals surface area contributed by atoms with Crippen molar-refractivity contribution in [2.45, 2.75) is 13.3 Å². The summed E-state index contributed by atoms with van der Waals surface area (Å²) < 4.78 is 1.34. The SMILES string of the molecule is CCC(=Cc1csc2ccccc12)CN. The summed E-state index contributed by atoms with van der Waals surface area (Å²) in [5.41, 5.74) is 8.29. The molecule has 0 saturated carbocycles. The Morgan fingerprint density at radius 2 is 2.20 bits per heavy atom. The molecule has 0 aliphatic rings. The quantitative estimate of drug-likeness (QED) is 0.834. The van der Waals surface area contributed by atoms with Crippen molar-refractivity contribution in [3.8, 4) is 0 Å². The van der Waals surface area contributed by atoms with Gasteiger partial charge in [0.25, 0.3) is 0 Å². The van der Waals surface area contributed by atoms with Crippen LogP contribution in [0.5, 0.6) is 0 Å². The van der Waals surface area contributed by atoms with Gasteiger partial charge in [-0.15, -0.1) is 11.3 Å². The third kappa shape index (κ3) is 2.11. The molecule has 0 atom stereocenters. The van der Waals surface area contributed by atoms with Crippen molar-refractivity contribution in [3.05, 3.63) is 40.8 Å². The first kappa shape index (κ1) is 10.4. The average Bonchev–Trinajstić information content (AvgIpc) is 2.69. The topological polar surface area (TPSA) is 26.0 Å². The molecule has 0 amide bonds. The summed E-state index contributed by atoms with van der Waals surface area (Å²) in [7, 11) is 0. The number of hydrogen-bond donors (Lipinski definition) is 1. The van der Waals surface area contributed by atoms with Crippen molar-refractivity contribution in [3.63, 3.8) is 0 Å². The van der Waals surface area contributed by atoms with Crippen molar-refractivity contribution < 1.29 is 0 Å². The fourth-order valence-electron chi connectivity index (χ4n) is 1.64. The molecule has 0 aliphatic heterocycles. The molecule has 0 aliphatic carbocycles. The molecule has 1 heterocycles. The minimum Gasteiger partial charge on any atom is -0.327 e. The second kappa shape index (κ2) is 4.60. The summed E-state index contributed by atoms with van der Waals surface area (Å²) in [4.78, 5) is 0. The lowest BCUT2D eigenvalue weighted by atomic mass is 10.1. The molecule has 1 aromatic heterocycles. The monoisotopic (exact) mass is 217 g/mol. The summed E-state index contributed by atoms with van der Waals surface area (Å²) in [6, 6.07) is 8.49. The second-order valence-electron chi connectivity index (χ2n) is 3.55. The van der Waals surface area contributed by atoms with Crippen molar-refractivity contribution in [2.24, 2.45) is 5.73 Å². The molecular weight excluding hydrogens is 202 g/mol. The Morgan fingerprint density at radius 1 is 1.40 bits per heavy atom. The maximum atomic E-state index is 5.68. The predicted molar refractivity (Wildman–Crippen MR) is 69.1 cm³/mol. The summed E-state index contributed by atoms with van der Waals surface area (Å²) >= 11 is 1.79. The Labute approximate surface area is 94.2 Å². The summed E-state index contributed by atoms with van der Waals surface area (Å²) in [6.45, 7) is 2.80. The number of fused-ring (bicyclic) bond motifs is 1. The lowest BCUT2D eigenvalue weighted by Crippen LogP contribution is -2.01. The molecule has 1 aromatic carbocycles. The maximum Gasteiger partial charge on any atom is 0.0348 e. The Hall–Kier alpha value is -1.12. The number of thiophene rings is 1. The number of benzene rings is 1. The zero-order valence-electron chi connectivity index (χ0n) is 8.86.